The summed E-state index contributed by atoms with van der Waals surface area (Å²) in [5.74, 6) is -1.06. The fourth-order valence-corrected chi connectivity index (χ4v) is 2.58. The molecule has 0 saturated carbocycles. The van der Waals surface area contributed by atoms with Crippen molar-refractivity contribution in [2.45, 2.75) is 38.9 Å². The summed E-state index contributed by atoms with van der Waals surface area (Å²) in [7, 11) is 0. The summed E-state index contributed by atoms with van der Waals surface area (Å²) in [6.07, 6.45) is -2.81. The topological polar surface area (TPSA) is 53.4 Å². The van der Waals surface area contributed by atoms with E-state index < -0.39 is 17.8 Å². The van der Waals surface area contributed by atoms with Gasteiger partial charge in [0.1, 0.15) is 17.1 Å². The van der Waals surface area contributed by atoms with E-state index in [-0.39, 0.29) is 17.4 Å². The fourth-order valence-electron chi connectivity index (χ4n) is 2.58. The number of carbonyl (C=O) groups is 1. The van der Waals surface area contributed by atoms with Gasteiger partial charge in [0.2, 0.25) is 0 Å². The lowest BCUT2D eigenvalue weighted by molar-refractivity contribution is -0.141. The smallest absolute Gasteiger partial charge is 0.433 e. The van der Waals surface area contributed by atoms with Crippen LogP contribution in [0.5, 0.6) is 0 Å². The number of carboxylic acids is 1. The van der Waals surface area contributed by atoms with Gasteiger partial charge in [-0.05, 0) is 37.8 Å². The number of aromatic carboxylic acids is 1. The van der Waals surface area contributed by atoms with Gasteiger partial charge in [0, 0.05) is 12.6 Å². The number of rotatable bonds is 2. The van der Waals surface area contributed by atoms with Crippen molar-refractivity contribution in [3.8, 4) is 0 Å². The minimum Gasteiger partial charge on any atom is -0.478 e. The molecule has 116 valence electrons. The van der Waals surface area contributed by atoms with Gasteiger partial charge in [0.15, 0.2) is 0 Å². The van der Waals surface area contributed by atoms with E-state index in [9.17, 15) is 23.1 Å². The predicted molar refractivity (Wildman–Crippen MR) is 71.4 cm³/mol. The Balaban J connectivity index is 2.50. The van der Waals surface area contributed by atoms with Crippen molar-refractivity contribution < 1.29 is 23.1 Å². The number of hydrogen-bond acceptors (Lipinski definition) is 3. The van der Waals surface area contributed by atoms with Gasteiger partial charge in [0.05, 0.1) is 0 Å². The number of alkyl halides is 3. The molecule has 1 aliphatic heterocycles. The highest BCUT2D eigenvalue weighted by molar-refractivity contribution is 5.93. The molecule has 1 aromatic heterocycles. The summed E-state index contributed by atoms with van der Waals surface area (Å²) < 4.78 is 38.4. The monoisotopic (exact) mass is 302 g/mol. The van der Waals surface area contributed by atoms with Crippen molar-refractivity contribution >= 4 is 11.8 Å². The van der Waals surface area contributed by atoms with E-state index >= 15 is 0 Å². The quantitative estimate of drug-likeness (QED) is 0.909. The van der Waals surface area contributed by atoms with E-state index in [4.69, 9.17) is 0 Å². The lowest BCUT2D eigenvalue weighted by Crippen LogP contribution is -2.42. The van der Waals surface area contributed by atoms with Crippen LogP contribution >= 0.6 is 0 Å². The highest BCUT2D eigenvalue weighted by atomic mass is 19.4. The van der Waals surface area contributed by atoms with Crippen LogP contribution in [0, 0.1) is 5.92 Å². The molecule has 1 aliphatic rings. The van der Waals surface area contributed by atoms with Gasteiger partial charge in [0.25, 0.3) is 0 Å². The normalized spacial score (nSPS) is 23.2. The van der Waals surface area contributed by atoms with E-state index in [1.807, 2.05) is 13.8 Å². The second-order valence-electron chi connectivity index (χ2n) is 5.55. The van der Waals surface area contributed by atoms with Crippen molar-refractivity contribution in [1.29, 1.82) is 0 Å². The molecule has 21 heavy (non-hydrogen) atoms. The molecular weight excluding hydrogens is 285 g/mol. The lowest BCUT2D eigenvalue weighted by Gasteiger charge is -2.38. The molecule has 0 aliphatic carbocycles. The second kappa shape index (κ2) is 5.54. The zero-order chi connectivity index (χ0) is 15.8. The largest absolute Gasteiger partial charge is 0.478 e. The van der Waals surface area contributed by atoms with Crippen LogP contribution in [0.2, 0.25) is 0 Å². The number of carboxylic acid groups (broad SMARTS) is 1. The predicted octanol–water partition coefficient (Wildman–Crippen LogP) is 3.42. The van der Waals surface area contributed by atoms with Crippen LogP contribution in [0.15, 0.2) is 12.1 Å². The summed E-state index contributed by atoms with van der Waals surface area (Å²) >= 11 is 0. The number of aromatic nitrogens is 1. The van der Waals surface area contributed by atoms with Gasteiger partial charge in [-0.1, -0.05) is 6.92 Å². The molecule has 7 heteroatoms. The van der Waals surface area contributed by atoms with Gasteiger partial charge < -0.3 is 10.0 Å². The maximum absolute atomic E-state index is 12.8. The number of nitrogens with zero attached hydrogens (tertiary/aromatic N) is 2. The standard InChI is InChI=1S/C14H17F3N2O2/c1-8-3-4-9(2)19(7-8)12-10(13(20)21)5-6-11(18-12)14(15,16)17/h5-6,8-9H,3-4,7H2,1-2H3,(H,20,21). The van der Waals surface area contributed by atoms with Crippen LogP contribution in [0.25, 0.3) is 0 Å². The fraction of sp³-hybridized carbons (Fsp3) is 0.571. The second-order valence-corrected chi connectivity index (χ2v) is 5.55. The van der Waals surface area contributed by atoms with E-state index in [1.54, 1.807) is 4.90 Å². The summed E-state index contributed by atoms with van der Waals surface area (Å²) in [5.41, 5.74) is -1.25. The molecule has 1 N–H and O–H groups in total. The Morgan fingerprint density at radius 1 is 1.33 bits per heavy atom. The molecular formula is C14H17F3N2O2. The Kier molecular flexibility index (Phi) is 4.11. The van der Waals surface area contributed by atoms with Crippen LogP contribution in [-0.2, 0) is 6.18 Å². The zero-order valence-electron chi connectivity index (χ0n) is 11.8. The molecule has 0 amide bonds. The third-order valence-electron chi connectivity index (χ3n) is 3.79. The summed E-state index contributed by atoms with van der Waals surface area (Å²) in [6, 6.07) is 1.67. The minimum absolute atomic E-state index is 0.0321. The molecule has 2 atom stereocenters. The lowest BCUT2D eigenvalue weighted by atomic mass is 9.94. The Morgan fingerprint density at radius 2 is 2.00 bits per heavy atom. The van der Waals surface area contributed by atoms with Crippen LogP contribution in [-0.4, -0.2) is 28.6 Å². The Morgan fingerprint density at radius 3 is 2.57 bits per heavy atom. The first kappa shape index (κ1) is 15.6. The van der Waals surface area contributed by atoms with Crippen molar-refractivity contribution in [3.63, 3.8) is 0 Å². The van der Waals surface area contributed by atoms with E-state index in [1.165, 1.54) is 0 Å². The first-order valence-electron chi connectivity index (χ1n) is 6.78. The maximum atomic E-state index is 12.8. The number of anilines is 1. The molecule has 0 spiro atoms. The maximum Gasteiger partial charge on any atom is 0.433 e. The molecule has 2 rings (SSSR count). The van der Waals surface area contributed by atoms with Crippen LogP contribution in [0.1, 0.15) is 42.7 Å². The van der Waals surface area contributed by atoms with E-state index in [2.05, 4.69) is 4.98 Å². The molecule has 0 radical (unpaired) electrons. The third-order valence-corrected chi connectivity index (χ3v) is 3.79. The van der Waals surface area contributed by atoms with Gasteiger partial charge >= 0.3 is 12.1 Å². The van der Waals surface area contributed by atoms with Gasteiger partial charge in [-0.3, -0.25) is 0 Å². The first-order valence-corrected chi connectivity index (χ1v) is 6.78. The van der Waals surface area contributed by atoms with Crippen molar-refractivity contribution in [2.75, 3.05) is 11.4 Å². The first-order chi connectivity index (χ1) is 9.70. The molecule has 4 nitrogen and oxygen atoms in total. The van der Waals surface area contributed by atoms with E-state index in [0.717, 1.165) is 18.9 Å². The van der Waals surface area contributed by atoms with Crippen molar-refractivity contribution in [2.24, 2.45) is 5.92 Å². The summed E-state index contributed by atoms with van der Waals surface area (Å²) in [6.45, 7) is 4.38. The van der Waals surface area contributed by atoms with Crippen molar-refractivity contribution in [1.82, 2.24) is 4.98 Å². The van der Waals surface area contributed by atoms with Gasteiger partial charge in [-0.25, -0.2) is 9.78 Å². The number of piperidine rings is 1. The average Bonchev–Trinajstić information content (AvgIpc) is 2.39. The Labute approximate surface area is 120 Å². The molecule has 1 fully saturated rings. The average molecular weight is 302 g/mol. The summed E-state index contributed by atoms with van der Waals surface area (Å²) in [4.78, 5) is 16.5. The van der Waals surface area contributed by atoms with E-state index in [0.29, 0.717) is 18.5 Å². The molecule has 1 saturated heterocycles. The van der Waals surface area contributed by atoms with Gasteiger partial charge in [-0.2, -0.15) is 13.2 Å². The van der Waals surface area contributed by atoms with Crippen LogP contribution in [0.3, 0.4) is 0 Å². The van der Waals surface area contributed by atoms with Crippen LogP contribution in [0.4, 0.5) is 19.0 Å². The Hall–Kier alpha value is -1.79. The molecule has 0 aromatic carbocycles. The minimum atomic E-state index is -4.59. The summed E-state index contributed by atoms with van der Waals surface area (Å²) in [5, 5.41) is 9.19. The third kappa shape index (κ3) is 3.28. The highest BCUT2D eigenvalue weighted by Crippen LogP contribution is 2.33. The highest BCUT2D eigenvalue weighted by Gasteiger charge is 2.35. The number of hydrogen-bond donors (Lipinski definition) is 1. The number of halogens is 3. The van der Waals surface area contributed by atoms with Gasteiger partial charge in [-0.15, -0.1) is 0 Å². The van der Waals surface area contributed by atoms with Crippen molar-refractivity contribution in [3.05, 3.63) is 23.4 Å². The van der Waals surface area contributed by atoms with Crippen LogP contribution < -0.4 is 4.90 Å². The zero-order valence-corrected chi connectivity index (χ0v) is 11.8. The SMILES string of the molecule is CC1CCC(C)N(c2nc(C(F)(F)F)ccc2C(=O)O)C1. The molecule has 1 aromatic rings. The molecule has 2 unspecified atom stereocenters. The molecule has 2 heterocycles. The Bertz CT molecular complexity index is 546. The number of pyridine rings is 1. The molecule has 0 bridgehead atoms.